The van der Waals surface area contributed by atoms with Crippen LogP contribution in [0.2, 0.25) is 0 Å². The normalized spacial score (nSPS) is 17.8. The average molecular weight is 295 g/mol. The molecule has 0 spiro atoms. The molecule has 0 saturated carbocycles. The lowest BCUT2D eigenvalue weighted by Crippen LogP contribution is -2.24. The first-order valence-electron chi connectivity index (χ1n) is 6.12. The molecule has 0 fully saturated rings. The number of rotatable bonds is 3. The highest BCUT2D eigenvalue weighted by molar-refractivity contribution is 9.09. The van der Waals surface area contributed by atoms with Crippen LogP contribution in [0.3, 0.4) is 0 Å². The number of para-hydroxylation sites is 1. The molecule has 1 aromatic carbocycles. The molecule has 2 rings (SSSR count). The van der Waals surface area contributed by atoms with E-state index in [1.54, 1.807) is 0 Å². The van der Waals surface area contributed by atoms with Crippen LogP contribution in [0.5, 0.6) is 5.75 Å². The topological polar surface area (TPSA) is 9.23 Å². The van der Waals surface area contributed by atoms with Crippen LogP contribution >= 0.6 is 15.9 Å². The number of fused-ring (bicyclic) bond motifs is 1. The van der Waals surface area contributed by atoms with E-state index in [0.717, 1.165) is 23.9 Å². The standard InChI is InChI=1S/C15H19BrO/c1-4-11(10-16)8-12-6-5-7-13-9-15(2,3)17-14(12)13/h5-8H,4,9-10H2,1-3H3. The number of hydrogen-bond donors (Lipinski definition) is 0. The molecule has 0 saturated heterocycles. The van der Waals surface area contributed by atoms with Crippen LogP contribution in [0.4, 0.5) is 0 Å². The van der Waals surface area contributed by atoms with E-state index in [4.69, 9.17) is 4.74 Å². The first-order chi connectivity index (χ1) is 8.05. The van der Waals surface area contributed by atoms with Gasteiger partial charge >= 0.3 is 0 Å². The van der Waals surface area contributed by atoms with Gasteiger partial charge in [0.1, 0.15) is 11.4 Å². The summed E-state index contributed by atoms with van der Waals surface area (Å²) in [5, 5.41) is 0.927. The molecule has 0 aliphatic carbocycles. The Bertz CT molecular complexity index is 440. The van der Waals surface area contributed by atoms with Gasteiger partial charge in [-0.3, -0.25) is 0 Å². The van der Waals surface area contributed by atoms with Gasteiger partial charge in [0.25, 0.3) is 0 Å². The van der Waals surface area contributed by atoms with Gasteiger partial charge < -0.3 is 4.74 Å². The highest BCUT2D eigenvalue weighted by atomic mass is 79.9. The van der Waals surface area contributed by atoms with Gasteiger partial charge in [-0.25, -0.2) is 0 Å². The predicted molar refractivity (Wildman–Crippen MR) is 76.9 cm³/mol. The van der Waals surface area contributed by atoms with Crippen molar-refractivity contribution in [3.05, 3.63) is 34.9 Å². The molecule has 1 nitrogen and oxygen atoms in total. The maximum absolute atomic E-state index is 6.06. The van der Waals surface area contributed by atoms with Gasteiger partial charge in [-0.15, -0.1) is 0 Å². The lowest BCUT2D eigenvalue weighted by Gasteiger charge is -2.17. The molecule has 0 unspecified atom stereocenters. The summed E-state index contributed by atoms with van der Waals surface area (Å²) in [6, 6.07) is 6.43. The fourth-order valence-electron chi connectivity index (χ4n) is 2.21. The lowest BCUT2D eigenvalue weighted by molar-refractivity contribution is 0.138. The average Bonchev–Trinajstić information content (AvgIpc) is 2.60. The van der Waals surface area contributed by atoms with Crippen molar-refractivity contribution in [1.82, 2.24) is 0 Å². The first-order valence-corrected chi connectivity index (χ1v) is 7.24. The molecule has 92 valence electrons. The summed E-state index contributed by atoms with van der Waals surface area (Å²) in [5.41, 5.74) is 3.87. The second-order valence-corrected chi connectivity index (χ2v) is 5.72. The molecule has 1 aromatic rings. The number of halogens is 1. The molecule has 1 aliphatic heterocycles. The molecule has 0 atom stereocenters. The van der Waals surface area contributed by atoms with Gasteiger partial charge in [0.05, 0.1) is 0 Å². The molecule has 0 bridgehead atoms. The van der Waals surface area contributed by atoms with Crippen molar-refractivity contribution < 1.29 is 4.74 Å². The minimum Gasteiger partial charge on any atom is -0.487 e. The molecule has 1 heterocycles. The van der Waals surface area contributed by atoms with Crippen molar-refractivity contribution in [2.45, 2.75) is 39.2 Å². The molecule has 0 radical (unpaired) electrons. The quantitative estimate of drug-likeness (QED) is 0.741. The molecule has 0 amide bonds. The first kappa shape index (κ1) is 12.7. The predicted octanol–water partition coefficient (Wildman–Crippen LogP) is 4.59. The summed E-state index contributed by atoms with van der Waals surface area (Å²) in [5.74, 6) is 1.07. The monoisotopic (exact) mass is 294 g/mol. The minimum atomic E-state index is -0.0624. The third-order valence-electron chi connectivity index (χ3n) is 3.11. The van der Waals surface area contributed by atoms with Crippen molar-refractivity contribution in [2.24, 2.45) is 0 Å². The number of ether oxygens (including phenoxy) is 1. The van der Waals surface area contributed by atoms with Crippen LogP contribution in [0.1, 0.15) is 38.3 Å². The van der Waals surface area contributed by atoms with Crippen molar-refractivity contribution in [3.63, 3.8) is 0 Å². The third kappa shape index (κ3) is 2.74. The summed E-state index contributed by atoms with van der Waals surface area (Å²) in [6.07, 6.45) is 4.31. The zero-order valence-corrected chi connectivity index (χ0v) is 12.3. The van der Waals surface area contributed by atoms with Crippen LogP contribution in [-0.2, 0) is 6.42 Å². The van der Waals surface area contributed by atoms with E-state index in [9.17, 15) is 0 Å². The Morgan fingerprint density at radius 3 is 2.88 bits per heavy atom. The maximum Gasteiger partial charge on any atom is 0.130 e. The van der Waals surface area contributed by atoms with E-state index >= 15 is 0 Å². The molecule has 17 heavy (non-hydrogen) atoms. The second kappa shape index (κ2) is 4.85. The van der Waals surface area contributed by atoms with E-state index in [-0.39, 0.29) is 5.60 Å². The molecule has 0 aromatic heterocycles. The fourth-order valence-corrected chi connectivity index (χ4v) is 2.77. The zero-order valence-electron chi connectivity index (χ0n) is 10.7. The Labute approximate surface area is 112 Å². The highest BCUT2D eigenvalue weighted by Crippen LogP contribution is 2.38. The van der Waals surface area contributed by atoms with Gasteiger partial charge in [0.2, 0.25) is 0 Å². The number of benzene rings is 1. The fraction of sp³-hybridized carbons (Fsp3) is 0.467. The second-order valence-electron chi connectivity index (χ2n) is 5.16. The van der Waals surface area contributed by atoms with E-state index in [1.165, 1.54) is 16.7 Å². The number of allylic oxidation sites excluding steroid dienone is 1. The summed E-state index contributed by atoms with van der Waals surface area (Å²) in [6.45, 7) is 6.47. The minimum absolute atomic E-state index is 0.0624. The Morgan fingerprint density at radius 2 is 2.24 bits per heavy atom. The van der Waals surface area contributed by atoms with Gasteiger partial charge in [0.15, 0.2) is 0 Å². The van der Waals surface area contributed by atoms with Crippen molar-refractivity contribution in [1.29, 1.82) is 0 Å². The Kier molecular flexibility index (Phi) is 3.62. The largest absolute Gasteiger partial charge is 0.487 e. The third-order valence-corrected chi connectivity index (χ3v) is 3.83. The van der Waals surface area contributed by atoms with E-state index in [1.807, 2.05) is 0 Å². The SMILES string of the molecule is CCC(=Cc1cccc2c1OC(C)(C)C2)CBr. The van der Waals surface area contributed by atoms with Crippen LogP contribution in [0, 0.1) is 0 Å². The van der Waals surface area contributed by atoms with Crippen molar-refractivity contribution in [3.8, 4) is 5.75 Å². The number of hydrogen-bond acceptors (Lipinski definition) is 1. The van der Waals surface area contributed by atoms with Crippen LogP contribution in [-0.4, -0.2) is 10.9 Å². The van der Waals surface area contributed by atoms with E-state index in [0.29, 0.717) is 0 Å². The zero-order chi connectivity index (χ0) is 12.5. The van der Waals surface area contributed by atoms with Gasteiger partial charge in [0, 0.05) is 17.3 Å². The summed E-state index contributed by atoms with van der Waals surface area (Å²) < 4.78 is 6.06. The van der Waals surface area contributed by atoms with Crippen LogP contribution in [0.15, 0.2) is 23.8 Å². The Hall–Kier alpha value is -0.760. The van der Waals surface area contributed by atoms with E-state index < -0.39 is 0 Å². The van der Waals surface area contributed by atoms with Crippen LogP contribution in [0.25, 0.3) is 6.08 Å². The highest BCUT2D eigenvalue weighted by Gasteiger charge is 2.31. The smallest absolute Gasteiger partial charge is 0.130 e. The Balaban J connectivity index is 2.39. The molecular formula is C15H19BrO. The van der Waals surface area contributed by atoms with Crippen molar-refractivity contribution >= 4 is 22.0 Å². The molecule has 0 N–H and O–H groups in total. The van der Waals surface area contributed by atoms with Gasteiger partial charge in [-0.1, -0.05) is 52.7 Å². The van der Waals surface area contributed by atoms with E-state index in [2.05, 4.69) is 61.0 Å². The summed E-state index contributed by atoms with van der Waals surface area (Å²) >= 11 is 3.53. The summed E-state index contributed by atoms with van der Waals surface area (Å²) in [7, 11) is 0. The van der Waals surface area contributed by atoms with Gasteiger partial charge in [-0.2, -0.15) is 0 Å². The van der Waals surface area contributed by atoms with Crippen LogP contribution < -0.4 is 4.74 Å². The number of alkyl halides is 1. The van der Waals surface area contributed by atoms with Crippen molar-refractivity contribution in [2.75, 3.05) is 5.33 Å². The maximum atomic E-state index is 6.06. The van der Waals surface area contributed by atoms with Gasteiger partial charge in [-0.05, 0) is 25.8 Å². The lowest BCUT2D eigenvalue weighted by atomic mass is 10.00. The summed E-state index contributed by atoms with van der Waals surface area (Å²) in [4.78, 5) is 0. The Morgan fingerprint density at radius 1 is 1.47 bits per heavy atom. The molecular weight excluding hydrogens is 276 g/mol. The molecule has 1 aliphatic rings. The molecule has 2 heteroatoms.